The molecule has 3 aromatic rings. The van der Waals surface area contributed by atoms with E-state index in [0.29, 0.717) is 5.56 Å². The fourth-order valence-corrected chi connectivity index (χ4v) is 2.85. The Bertz CT molecular complexity index is 889. The summed E-state index contributed by atoms with van der Waals surface area (Å²) in [7, 11) is 0. The Balaban J connectivity index is 1.61. The summed E-state index contributed by atoms with van der Waals surface area (Å²) >= 11 is 0. The number of para-hydroxylation sites is 1. The molecule has 4 rings (SSSR count). The van der Waals surface area contributed by atoms with Crippen LogP contribution in [0, 0.1) is 0 Å². The molecular weight excluding hydrogens is 274 g/mol. The quantitative estimate of drug-likeness (QED) is 0.585. The Labute approximate surface area is 128 Å². The van der Waals surface area contributed by atoms with Gasteiger partial charge in [-0.15, -0.1) is 0 Å². The van der Waals surface area contributed by atoms with Crippen LogP contribution in [0.5, 0.6) is 5.75 Å². The molecule has 108 valence electrons. The van der Waals surface area contributed by atoms with Crippen LogP contribution in [0.1, 0.15) is 21.5 Å². The molecule has 0 saturated heterocycles. The third kappa shape index (κ3) is 2.21. The van der Waals surface area contributed by atoms with Gasteiger partial charge < -0.3 is 9.72 Å². The minimum atomic E-state index is 0.00852. The standard InChI is InChI=1S/C19H15NO2/c21-18(16-12-20-17-4-2-1-3-15(16)17)7-5-13-6-8-19-14(11-13)9-10-22-19/h1-8,11-12,20H,9-10H2. The molecular formula is C19H15NO2. The second-order valence-corrected chi connectivity index (χ2v) is 5.41. The number of hydrogen-bond donors (Lipinski definition) is 1. The number of aromatic nitrogens is 1. The van der Waals surface area contributed by atoms with Crippen molar-refractivity contribution in [2.45, 2.75) is 6.42 Å². The number of carbonyl (C=O) groups excluding carboxylic acids is 1. The average Bonchev–Trinajstić information content (AvgIpc) is 3.18. The maximum atomic E-state index is 12.4. The number of carbonyl (C=O) groups is 1. The van der Waals surface area contributed by atoms with Gasteiger partial charge in [0, 0.05) is 29.1 Å². The van der Waals surface area contributed by atoms with E-state index in [-0.39, 0.29) is 5.78 Å². The first-order valence-corrected chi connectivity index (χ1v) is 7.35. The number of benzene rings is 2. The minimum Gasteiger partial charge on any atom is -0.493 e. The molecule has 0 spiro atoms. The number of aromatic amines is 1. The van der Waals surface area contributed by atoms with Crippen molar-refractivity contribution in [1.29, 1.82) is 0 Å². The summed E-state index contributed by atoms with van der Waals surface area (Å²) in [5, 5.41) is 0.958. The maximum Gasteiger partial charge on any atom is 0.187 e. The van der Waals surface area contributed by atoms with Gasteiger partial charge in [0.25, 0.3) is 0 Å². The molecule has 1 aliphatic rings. The Morgan fingerprint density at radius 2 is 2.09 bits per heavy atom. The number of hydrogen-bond acceptors (Lipinski definition) is 2. The van der Waals surface area contributed by atoms with Crippen LogP contribution in [0.25, 0.3) is 17.0 Å². The van der Waals surface area contributed by atoms with Crippen LogP contribution in [-0.2, 0) is 6.42 Å². The van der Waals surface area contributed by atoms with Gasteiger partial charge >= 0.3 is 0 Å². The predicted octanol–water partition coefficient (Wildman–Crippen LogP) is 4.00. The van der Waals surface area contributed by atoms with Crippen LogP contribution in [-0.4, -0.2) is 17.4 Å². The van der Waals surface area contributed by atoms with Crippen molar-refractivity contribution < 1.29 is 9.53 Å². The summed E-state index contributed by atoms with van der Waals surface area (Å²) in [6.45, 7) is 0.747. The third-order valence-electron chi connectivity index (χ3n) is 4.00. The highest BCUT2D eigenvalue weighted by Gasteiger charge is 2.12. The van der Waals surface area contributed by atoms with Crippen LogP contribution in [0.4, 0.5) is 0 Å². The number of nitrogens with one attached hydrogen (secondary N) is 1. The Morgan fingerprint density at radius 3 is 3.05 bits per heavy atom. The van der Waals surface area contributed by atoms with Gasteiger partial charge in [-0.1, -0.05) is 30.3 Å². The van der Waals surface area contributed by atoms with E-state index in [1.807, 2.05) is 42.5 Å². The van der Waals surface area contributed by atoms with E-state index < -0.39 is 0 Å². The van der Waals surface area contributed by atoms with Gasteiger partial charge in [0.05, 0.1) is 6.61 Å². The second-order valence-electron chi connectivity index (χ2n) is 5.41. The maximum absolute atomic E-state index is 12.4. The zero-order valence-electron chi connectivity index (χ0n) is 12.0. The van der Waals surface area contributed by atoms with Crippen molar-refractivity contribution >= 4 is 22.8 Å². The molecule has 3 nitrogen and oxygen atoms in total. The first kappa shape index (κ1) is 12.9. The van der Waals surface area contributed by atoms with Crippen molar-refractivity contribution in [3.05, 3.63) is 71.4 Å². The van der Waals surface area contributed by atoms with Gasteiger partial charge in [-0.3, -0.25) is 4.79 Å². The lowest BCUT2D eigenvalue weighted by Gasteiger charge is -1.99. The largest absolute Gasteiger partial charge is 0.493 e. The number of fused-ring (bicyclic) bond motifs is 2. The van der Waals surface area contributed by atoms with E-state index in [1.165, 1.54) is 5.56 Å². The first-order valence-electron chi connectivity index (χ1n) is 7.35. The van der Waals surface area contributed by atoms with E-state index in [2.05, 4.69) is 11.1 Å². The summed E-state index contributed by atoms with van der Waals surface area (Å²) in [4.78, 5) is 15.5. The summed E-state index contributed by atoms with van der Waals surface area (Å²) in [6.07, 6.45) is 6.21. The topological polar surface area (TPSA) is 42.1 Å². The van der Waals surface area contributed by atoms with Crippen LogP contribution >= 0.6 is 0 Å². The van der Waals surface area contributed by atoms with E-state index in [0.717, 1.165) is 35.2 Å². The molecule has 0 bridgehead atoms. The van der Waals surface area contributed by atoms with Gasteiger partial charge in [0.15, 0.2) is 5.78 Å². The lowest BCUT2D eigenvalue weighted by molar-refractivity contribution is 0.104. The summed E-state index contributed by atoms with van der Waals surface area (Å²) in [5.74, 6) is 0.967. The van der Waals surface area contributed by atoms with Gasteiger partial charge in [-0.05, 0) is 35.4 Å². The molecule has 1 aliphatic heterocycles. The monoisotopic (exact) mass is 289 g/mol. The van der Waals surface area contributed by atoms with Crippen molar-refractivity contribution in [2.75, 3.05) is 6.61 Å². The first-order chi connectivity index (χ1) is 10.8. The molecule has 1 aromatic heterocycles. The highest BCUT2D eigenvalue weighted by Crippen LogP contribution is 2.26. The predicted molar refractivity (Wildman–Crippen MR) is 87.3 cm³/mol. The normalized spacial score (nSPS) is 13.5. The molecule has 1 N–H and O–H groups in total. The highest BCUT2D eigenvalue weighted by atomic mass is 16.5. The number of rotatable bonds is 3. The van der Waals surface area contributed by atoms with Gasteiger partial charge in [-0.25, -0.2) is 0 Å². The van der Waals surface area contributed by atoms with Crippen molar-refractivity contribution in [3.8, 4) is 5.75 Å². The van der Waals surface area contributed by atoms with Crippen LogP contribution < -0.4 is 4.74 Å². The zero-order valence-corrected chi connectivity index (χ0v) is 12.0. The molecule has 0 atom stereocenters. The Hall–Kier alpha value is -2.81. The number of ketones is 1. The summed E-state index contributed by atoms with van der Waals surface area (Å²) in [6, 6.07) is 13.9. The minimum absolute atomic E-state index is 0.00852. The lowest BCUT2D eigenvalue weighted by Crippen LogP contribution is -1.92. The zero-order chi connectivity index (χ0) is 14.9. The average molecular weight is 289 g/mol. The molecule has 0 unspecified atom stereocenters. The fourth-order valence-electron chi connectivity index (χ4n) is 2.85. The van der Waals surface area contributed by atoms with Gasteiger partial charge in [0.1, 0.15) is 5.75 Å². The molecule has 0 amide bonds. The number of ether oxygens (including phenoxy) is 1. The summed E-state index contributed by atoms with van der Waals surface area (Å²) in [5.41, 5.74) is 3.92. The summed E-state index contributed by atoms with van der Waals surface area (Å²) < 4.78 is 5.49. The van der Waals surface area contributed by atoms with Crippen molar-refractivity contribution in [1.82, 2.24) is 4.98 Å². The number of H-pyrrole nitrogens is 1. The Kier molecular flexibility index (Phi) is 3.04. The third-order valence-corrected chi connectivity index (χ3v) is 4.00. The second kappa shape index (κ2) is 5.19. The van der Waals surface area contributed by atoms with E-state index in [4.69, 9.17) is 4.74 Å². The molecule has 0 radical (unpaired) electrons. The number of allylic oxidation sites excluding steroid dienone is 1. The highest BCUT2D eigenvalue weighted by molar-refractivity contribution is 6.14. The molecule has 2 aromatic carbocycles. The van der Waals surface area contributed by atoms with Crippen molar-refractivity contribution in [3.63, 3.8) is 0 Å². The van der Waals surface area contributed by atoms with E-state index in [1.54, 1.807) is 12.3 Å². The fraction of sp³-hybridized carbons (Fsp3) is 0.105. The van der Waals surface area contributed by atoms with Crippen LogP contribution in [0.15, 0.2) is 54.7 Å². The molecule has 2 heterocycles. The molecule has 3 heteroatoms. The van der Waals surface area contributed by atoms with Crippen molar-refractivity contribution in [2.24, 2.45) is 0 Å². The van der Waals surface area contributed by atoms with Crippen LogP contribution in [0.2, 0.25) is 0 Å². The SMILES string of the molecule is O=C(C=Cc1ccc2c(c1)CCO2)c1c[nH]c2ccccc12. The smallest absolute Gasteiger partial charge is 0.187 e. The van der Waals surface area contributed by atoms with Crippen LogP contribution in [0.3, 0.4) is 0 Å². The van der Waals surface area contributed by atoms with E-state index >= 15 is 0 Å². The lowest BCUT2D eigenvalue weighted by atomic mass is 10.1. The molecule has 0 saturated carbocycles. The van der Waals surface area contributed by atoms with E-state index in [9.17, 15) is 4.79 Å². The molecule has 0 aliphatic carbocycles. The Morgan fingerprint density at radius 1 is 1.18 bits per heavy atom. The molecule has 22 heavy (non-hydrogen) atoms. The van der Waals surface area contributed by atoms with Gasteiger partial charge in [0.2, 0.25) is 0 Å². The molecule has 0 fully saturated rings. The van der Waals surface area contributed by atoms with Gasteiger partial charge in [-0.2, -0.15) is 0 Å².